The highest BCUT2D eigenvalue weighted by molar-refractivity contribution is 5.84. The van der Waals surface area contributed by atoms with Gasteiger partial charge >= 0.3 is 0 Å². The lowest BCUT2D eigenvalue weighted by atomic mass is 9.63. The largest absolute Gasteiger partial charge is 0.386 e. The molecule has 3 atom stereocenters. The number of fused-ring (bicyclic) bond motifs is 1. The molecule has 2 aliphatic rings. The van der Waals surface area contributed by atoms with Crippen molar-refractivity contribution in [2.24, 2.45) is 17.3 Å². The van der Waals surface area contributed by atoms with Gasteiger partial charge in [0.05, 0.1) is 5.60 Å². The van der Waals surface area contributed by atoms with E-state index in [4.69, 9.17) is 0 Å². The van der Waals surface area contributed by atoms with E-state index < -0.39 is 5.60 Å². The average Bonchev–Trinajstić information content (AvgIpc) is 2.66. The van der Waals surface area contributed by atoms with Gasteiger partial charge in [-0.15, -0.1) is 0 Å². The first-order valence-corrected chi connectivity index (χ1v) is 7.87. The lowest BCUT2D eigenvalue weighted by molar-refractivity contribution is -0.128. The zero-order valence-electron chi connectivity index (χ0n) is 13.3. The molecule has 0 aromatic heterocycles. The second kappa shape index (κ2) is 5.48. The van der Waals surface area contributed by atoms with Gasteiger partial charge in [-0.3, -0.25) is 4.79 Å². The van der Waals surface area contributed by atoms with E-state index in [-0.39, 0.29) is 11.3 Å². The molecule has 1 saturated carbocycles. The van der Waals surface area contributed by atoms with Gasteiger partial charge in [0.1, 0.15) is 5.78 Å². The monoisotopic (exact) mass is 276 g/mol. The molecule has 0 bridgehead atoms. The molecule has 2 heteroatoms. The van der Waals surface area contributed by atoms with Gasteiger partial charge in [-0.1, -0.05) is 37.6 Å². The van der Waals surface area contributed by atoms with Gasteiger partial charge in [-0.05, 0) is 50.9 Å². The topological polar surface area (TPSA) is 37.3 Å². The van der Waals surface area contributed by atoms with E-state index in [2.05, 4.69) is 26.0 Å². The van der Waals surface area contributed by atoms with Crippen LogP contribution in [0.3, 0.4) is 0 Å². The summed E-state index contributed by atoms with van der Waals surface area (Å²) < 4.78 is 0. The minimum atomic E-state index is -0.739. The summed E-state index contributed by atoms with van der Waals surface area (Å²) in [5, 5.41) is 9.72. The van der Waals surface area contributed by atoms with Crippen LogP contribution < -0.4 is 0 Å². The Labute approximate surface area is 123 Å². The van der Waals surface area contributed by atoms with Gasteiger partial charge in [0.15, 0.2) is 0 Å². The molecule has 0 saturated heterocycles. The van der Waals surface area contributed by atoms with Gasteiger partial charge < -0.3 is 5.11 Å². The van der Waals surface area contributed by atoms with Crippen LogP contribution in [0.5, 0.6) is 0 Å². The lowest BCUT2D eigenvalue weighted by Crippen LogP contribution is -2.36. The van der Waals surface area contributed by atoms with Gasteiger partial charge in [0.25, 0.3) is 0 Å². The summed E-state index contributed by atoms with van der Waals surface area (Å²) >= 11 is 0. The van der Waals surface area contributed by atoms with Crippen molar-refractivity contribution in [1.82, 2.24) is 0 Å². The molecule has 112 valence electrons. The maximum absolute atomic E-state index is 12.1. The second-order valence-corrected chi connectivity index (χ2v) is 7.38. The molecule has 2 rings (SSSR count). The summed E-state index contributed by atoms with van der Waals surface area (Å²) in [5.41, 5.74) is 0.824. The van der Waals surface area contributed by atoms with Crippen molar-refractivity contribution in [3.05, 3.63) is 23.8 Å². The van der Waals surface area contributed by atoms with Gasteiger partial charge in [0.2, 0.25) is 0 Å². The number of carbonyl (C=O) groups excluding carboxylic acids is 1. The molecule has 0 radical (unpaired) electrons. The minimum absolute atomic E-state index is 0.0946. The normalized spacial score (nSPS) is 32.4. The molecule has 1 N–H and O–H groups in total. The summed E-state index contributed by atoms with van der Waals surface area (Å²) in [4.78, 5) is 12.1. The molecule has 20 heavy (non-hydrogen) atoms. The van der Waals surface area contributed by atoms with Crippen LogP contribution in [0.2, 0.25) is 0 Å². The Hall–Kier alpha value is -0.890. The molecular weight excluding hydrogens is 248 g/mol. The fourth-order valence-electron chi connectivity index (χ4n) is 4.00. The quantitative estimate of drug-likeness (QED) is 0.787. The molecule has 2 nitrogen and oxygen atoms in total. The van der Waals surface area contributed by atoms with E-state index in [1.165, 1.54) is 5.57 Å². The van der Waals surface area contributed by atoms with Crippen LogP contribution in [0.4, 0.5) is 0 Å². The standard InChI is InChI=1S/C18H28O2/c1-13(7-5-11-17(2,3)20)14-9-10-15-16(19)8-6-12-18(14,15)4/h5,9,11,13,15,20H,6-8,10,12H2,1-4H3/b11-5-/t13-,15?,18+/m0/s1. The molecule has 0 spiro atoms. The number of Topliss-reactive ketones (excluding diaryl/α,β-unsaturated/α-hetero) is 1. The lowest BCUT2D eigenvalue weighted by Gasteiger charge is -2.40. The van der Waals surface area contributed by atoms with Crippen LogP contribution in [-0.4, -0.2) is 16.5 Å². The van der Waals surface area contributed by atoms with Crippen LogP contribution >= 0.6 is 0 Å². The van der Waals surface area contributed by atoms with Crippen molar-refractivity contribution < 1.29 is 9.90 Å². The molecule has 2 aliphatic carbocycles. The van der Waals surface area contributed by atoms with Gasteiger partial charge in [-0.25, -0.2) is 0 Å². The Balaban J connectivity index is 2.06. The van der Waals surface area contributed by atoms with Crippen molar-refractivity contribution in [1.29, 1.82) is 0 Å². The summed E-state index contributed by atoms with van der Waals surface area (Å²) in [6, 6.07) is 0. The van der Waals surface area contributed by atoms with Crippen molar-refractivity contribution in [2.75, 3.05) is 0 Å². The Morgan fingerprint density at radius 2 is 2.25 bits per heavy atom. The minimum Gasteiger partial charge on any atom is -0.386 e. The maximum Gasteiger partial charge on any atom is 0.137 e. The third-order valence-corrected chi connectivity index (χ3v) is 5.06. The predicted molar refractivity (Wildman–Crippen MR) is 82.4 cm³/mol. The highest BCUT2D eigenvalue weighted by Gasteiger charge is 2.47. The van der Waals surface area contributed by atoms with E-state index >= 15 is 0 Å². The summed E-state index contributed by atoms with van der Waals surface area (Å²) in [6.07, 6.45) is 11.1. The number of hydrogen-bond acceptors (Lipinski definition) is 2. The fourth-order valence-corrected chi connectivity index (χ4v) is 4.00. The first-order valence-electron chi connectivity index (χ1n) is 7.87. The van der Waals surface area contributed by atoms with Crippen LogP contribution in [0.15, 0.2) is 23.8 Å². The SMILES string of the molecule is C[C@@H](C/C=C\C(C)(C)O)C1=CCC2C(=O)CCC[C@]12C. The molecule has 0 aromatic carbocycles. The zero-order valence-corrected chi connectivity index (χ0v) is 13.3. The van der Waals surface area contributed by atoms with Crippen LogP contribution in [0.25, 0.3) is 0 Å². The molecular formula is C18H28O2. The van der Waals surface area contributed by atoms with E-state index in [0.29, 0.717) is 11.7 Å². The maximum atomic E-state index is 12.1. The van der Waals surface area contributed by atoms with Gasteiger partial charge in [0, 0.05) is 12.3 Å². The highest BCUT2D eigenvalue weighted by Crippen LogP contribution is 2.53. The van der Waals surface area contributed by atoms with Crippen molar-refractivity contribution in [3.63, 3.8) is 0 Å². The molecule has 1 fully saturated rings. The van der Waals surface area contributed by atoms with Crippen molar-refractivity contribution in [3.8, 4) is 0 Å². The van der Waals surface area contributed by atoms with E-state index in [0.717, 1.165) is 32.1 Å². The van der Waals surface area contributed by atoms with Crippen LogP contribution in [0, 0.1) is 17.3 Å². The Bertz CT molecular complexity index is 439. The first kappa shape index (κ1) is 15.5. The second-order valence-electron chi connectivity index (χ2n) is 7.38. The van der Waals surface area contributed by atoms with Crippen molar-refractivity contribution in [2.45, 2.75) is 65.4 Å². The number of carbonyl (C=O) groups is 1. The molecule has 1 unspecified atom stereocenters. The molecule has 0 aliphatic heterocycles. The number of allylic oxidation sites excluding steroid dienone is 3. The number of hydrogen-bond donors (Lipinski definition) is 1. The summed E-state index contributed by atoms with van der Waals surface area (Å²) in [6.45, 7) is 8.11. The van der Waals surface area contributed by atoms with E-state index in [1.54, 1.807) is 13.8 Å². The Morgan fingerprint density at radius 3 is 2.90 bits per heavy atom. The van der Waals surface area contributed by atoms with Gasteiger partial charge in [-0.2, -0.15) is 0 Å². The average molecular weight is 276 g/mol. The number of aliphatic hydroxyl groups is 1. The van der Waals surface area contributed by atoms with E-state index in [9.17, 15) is 9.90 Å². The Morgan fingerprint density at radius 1 is 1.55 bits per heavy atom. The van der Waals surface area contributed by atoms with E-state index in [1.807, 2.05) is 6.08 Å². The van der Waals surface area contributed by atoms with Crippen LogP contribution in [-0.2, 0) is 4.79 Å². The van der Waals surface area contributed by atoms with Crippen molar-refractivity contribution >= 4 is 5.78 Å². The number of ketones is 1. The predicted octanol–water partition coefficient (Wildman–Crippen LogP) is 4.05. The highest BCUT2D eigenvalue weighted by atomic mass is 16.3. The third-order valence-electron chi connectivity index (χ3n) is 5.06. The third kappa shape index (κ3) is 3.06. The fraction of sp³-hybridized carbons (Fsp3) is 0.722. The Kier molecular flexibility index (Phi) is 4.24. The smallest absolute Gasteiger partial charge is 0.137 e. The first-order chi connectivity index (χ1) is 9.24. The van der Waals surface area contributed by atoms with Crippen LogP contribution in [0.1, 0.15) is 59.8 Å². The molecule has 0 aromatic rings. The summed E-state index contributed by atoms with van der Waals surface area (Å²) in [7, 11) is 0. The number of rotatable bonds is 4. The summed E-state index contributed by atoms with van der Waals surface area (Å²) in [5.74, 6) is 1.14. The zero-order chi connectivity index (χ0) is 15.0. The molecule has 0 amide bonds. The molecule has 0 heterocycles.